The number of benzene rings is 1. The molecule has 0 aliphatic heterocycles. The molecule has 6 nitrogen and oxygen atoms in total. The maximum absolute atomic E-state index is 12.2. The van der Waals surface area contributed by atoms with Crippen LogP contribution >= 0.6 is 24.8 Å². The SMILES string of the molecule is CCC(=O)Nc1cccc(C(=O)NCCCCNCCNC2CCCCC2)c1.Cl.Cl. The monoisotopic (exact) mass is 460 g/mol. The molecule has 0 saturated heterocycles. The molecule has 0 aromatic heterocycles. The summed E-state index contributed by atoms with van der Waals surface area (Å²) in [4.78, 5) is 23.7. The number of amides is 2. The minimum atomic E-state index is -0.0998. The number of halogens is 2. The predicted molar refractivity (Wildman–Crippen MR) is 129 cm³/mol. The zero-order chi connectivity index (χ0) is 20.0. The summed E-state index contributed by atoms with van der Waals surface area (Å²) in [6.07, 6.45) is 9.19. The molecule has 0 bridgehead atoms. The van der Waals surface area contributed by atoms with Gasteiger partial charge in [0.1, 0.15) is 0 Å². The van der Waals surface area contributed by atoms with Crippen LogP contribution in [0.3, 0.4) is 0 Å². The molecule has 1 fully saturated rings. The van der Waals surface area contributed by atoms with E-state index in [1.807, 2.05) is 0 Å². The van der Waals surface area contributed by atoms with Crippen LogP contribution in [0.1, 0.15) is 68.6 Å². The summed E-state index contributed by atoms with van der Waals surface area (Å²) in [7, 11) is 0. The van der Waals surface area contributed by atoms with Crippen LogP contribution in [0.4, 0.5) is 5.69 Å². The van der Waals surface area contributed by atoms with Crippen molar-refractivity contribution in [2.24, 2.45) is 0 Å². The molecule has 8 heteroatoms. The minimum absolute atomic E-state index is 0. The Kier molecular flexibility index (Phi) is 16.6. The molecule has 1 aromatic rings. The van der Waals surface area contributed by atoms with E-state index in [0.29, 0.717) is 24.2 Å². The number of rotatable bonds is 12. The molecule has 0 atom stereocenters. The molecular formula is C22H38Cl2N4O2. The fraction of sp³-hybridized carbons (Fsp3) is 0.636. The maximum atomic E-state index is 12.2. The Morgan fingerprint density at radius 1 is 0.967 bits per heavy atom. The zero-order valence-electron chi connectivity index (χ0n) is 18.0. The predicted octanol–water partition coefficient (Wildman–Crippen LogP) is 3.90. The Bertz CT molecular complexity index is 611. The molecule has 4 N–H and O–H groups in total. The molecule has 1 aliphatic carbocycles. The van der Waals surface area contributed by atoms with Crippen molar-refractivity contribution in [3.8, 4) is 0 Å². The largest absolute Gasteiger partial charge is 0.352 e. The topological polar surface area (TPSA) is 82.3 Å². The molecule has 30 heavy (non-hydrogen) atoms. The van der Waals surface area contributed by atoms with Crippen LogP contribution in [0.25, 0.3) is 0 Å². The molecule has 1 aliphatic rings. The number of anilines is 1. The highest BCUT2D eigenvalue weighted by Gasteiger charge is 2.11. The molecule has 2 rings (SSSR count). The third kappa shape index (κ3) is 11.7. The zero-order valence-corrected chi connectivity index (χ0v) is 19.6. The van der Waals surface area contributed by atoms with Crippen LogP contribution in [0, 0.1) is 0 Å². The molecule has 2 amide bonds. The third-order valence-electron chi connectivity index (χ3n) is 5.14. The highest BCUT2D eigenvalue weighted by atomic mass is 35.5. The van der Waals surface area contributed by atoms with Crippen molar-refractivity contribution in [1.29, 1.82) is 0 Å². The van der Waals surface area contributed by atoms with Crippen LogP contribution in [-0.4, -0.2) is 44.0 Å². The van der Waals surface area contributed by atoms with Gasteiger partial charge >= 0.3 is 0 Å². The van der Waals surface area contributed by atoms with Crippen LogP contribution < -0.4 is 21.3 Å². The lowest BCUT2D eigenvalue weighted by Gasteiger charge is -2.22. The first-order valence-electron chi connectivity index (χ1n) is 10.8. The Balaban J connectivity index is 0.00000420. The van der Waals surface area contributed by atoms with E-state index in [-0.39, 0.29) is 36.6 Å². The van der Waals surface area contributed by atoms with E-state index in [2.05, 4.69) is 21.3 Å². The lowest BCUT2D eigenvalue weighted by Crippen LogP contribution is -2.36. The molecule has 172 valence electrons. The summed E-state index contributed by atoms with van der Waals surface area (Å²) < 4.78 is 0. The highest BCUT2D eigenvalue weighted by molar-refractivity contribution is 5.97. The Labute approximate surface area is 193 Å². The number of carbonyl (C=O) groups excluding carboxylic acids is 2. The first-order valence-corrected chi connectivity index (χ1v) is 10.8. The van der Waals surface area contributed by atoms with Gasteiger partial charge in [0.05, 0.1) is 0 Å². The smallest absolute Gasteiger partial charge is 0.251 e. The summed E-state index contributed by atoms with van der Waals surface area (Å²) in [5, 5.41) is 12.8. The summed E-state index contributed by atoms with van der Waals surface area (Å²) in [6.45, 7) is 5.46. The second kappa shape index (κ2) is 17.4. The van der Waals surface area contributed by atoms with Gasteiger partial charge in [0.25, 0.3) is 5.91 Å². The van der Waals surface area contributed by atoms with Gasteiger partial charge in [-0.15, -0.1) is 24.8 Å². The summed E-state index contributed by atoms with van der Waals surface area (Å²) in [5.74, 6) is -0.156. The van der Waals surface area contributed by atoms with Crippen molar-refractivity contribution in [3.63, 3.8) is 0 Å². The molecule has 0 spiro atoms. The maximum Gasteiger partial charge on any atom is 0.251 e. The number of carbonyl (C=O) groups is 2. The van der Waals surface area contributed by atoms with Gasteiger partial charge in [-0.2, -0.15) is 0 Å². The van der Waals surface area contributed by atoms with Crippen LogP contribution in [-0.2, 0) is 4.79 Å². The number of unbranched alkanes of at least 4 members (excludes halogenated alkanes) is 1. The quantitative estimate of drug-likeness (QED) is 0.356. The first-order chi connectivity index (χ1) is 13.7. The standard InChI is InChI=1S/C22H36N4O2.2ClH/c1-2-21(27)26-20-12-8-9-18(17-20)22(28)25-14-7-6-13-23-15-16-24-19-10-4-3-5-11-19;;/h8-9,12,17,19,23-24H,2-7,10-11,13-16H2,1H3,(H,25,28)(H,26,27);2*1H. The van der Waals surface area contributed by atoms with Crippen molar-refractivity contribution in [1.82, 2.24) is 16.0 Å². The van der Waals surface area contributed by atoms with E-state index in [0.717, 1.165) is 38.5 Å². The third-order valence-corrected chi connectivity index (χ3v) is 5.14. The van der Waals surface area contributed by atoms with Crippen LogP contribution in [0.2, 0.25) is 0 Å². The normalized spacial score (nSPS) is 13.6. The number of hydrogen-bond acceptors (Lipinski definition) is 4. The Morgan fingerprint density at radius 2 is 1.70 bits per heavy atom. The van der Waals surface area contributed by atoms with Gasteiger partial charge in [-0.1, -0.05) is 32.3 Å². The lowest BCUT2D eigenvalue weighted by atomic mass is 9.95. The van der Waals surface area contributed by atoms with Crippen molar-refractivity contribution in [2.45, 2.75) is 64.3 Å². The van der Waals surface area contributed by atoms with E-state index in [1.54, 1.807) is 31.2 Å². The van der Waals surface area contributed by atoms with Crippen molar-refractivity contribution in [2.75, 3.05) is 31.5 Å². The first kappa shape index (κ1) is 28.7. The van der Waals surface area contributed by atoms with Gasteiger partial charge in [-0.05, 0) is 50.4 Å². The second-order valence-electron chi connectivity index (χ2n) is 7.48. The van der Waals surface area contributed by atoms with Crippen molar-refractivity contribution >= 4 is 42.3 Å². The summed E-state index contributed by atoms with van der Waals surface area (Å²) >= 11 is 0. The van der Waals surface area contributed by atoms with E-state index < -0.39 is 0 Å². The van der Waals surface area contributed by atoms with Gasteiger partial charge in [-0.3, -0.25) is 9.59 Å². The van der Waals surface area contributed by atoms with Gasteiger partial charge in [0, 0.05) is 43.3 Å². The van der Waals surface area contributed by atoms with Crippen LogP contribution in [0.5, 0.6) is 0 Å². The number of nitrogens with one attached hydrogen (secondary N) is 4. The average Bonchev–Trinajstić information content (AvgIpc) is 2.73. The van der Waals surface area contributed by atoms with Crippen LogP contribution in [0.15, 0.2) is 24.3 Å². The molecule has 0 unspecified atom stereocenters. The Hall–Kier alpha value is -1.34. The molecule has 1 aromatic carbocycles. The molecule has 0 heterocycles. The van der Waals surface area contributed by atoms with Gasteiger partial charge in [0.15, 0.2) is 0 Å². The second-order valence-corrected chi connectivity index (χ2v) is 7.48. The van der Waals surface area contributed by atoms with E-state index in [4.69, 9.17) is 0 Å². The highest BCUT2D eigenvalue weighted by Crippen LogP contribution is 2.16. The van der Waals surface area contributed by atoms with E-state index >= 15 is 0 Å². The van der Waals surface area contributed by atoms with Gasteiger partial charge in [0.2, 0.25) is 5.91 Å². The number of hydrogen-bond donors (Lipinski definition) is 4. The summed E-state index contributed by atoms with van der Waals surface area (Å²) in [6, 6.07) is 7.77. The average molecular weight is 461 g/mol. The van der Waals surface area contributed by atoms with Crippen molar-refractivity contribution < 1.29 is 9.59 Å². The minimum Gasteiger partial charge on any atom is -0.352 e. The van der Waals surface area contributed by atoms with E-state index in [9.17, 15) is 9.59 Å². The van der Waals surface area contributed by atoms with Crippen molar-refractivity contribution in [3.05, 3.63) is 29.8 Å². The lowest BCUT2D eigenvalue weighted by molar-refractivity contribution is -0.115. The summed E-state index contributed by atoms with van der Waals surface area (Å²) in [5.41, 5.74) is 1.23. The molecule has 0 radical (unpaired) electrons. The van der Waals surface area contributed by atoms with Gasteiger partial charge in [-0.25, -0.2) is 0 Å². The Morgan fingerprint density at radius 3 is 2.43 bits per heavy atom. The van der Waals surface area contributed by atoms with E-state index in [1.165, 1.54) is 32.1 Å². The molecule has 1 saturated carbocycles. The van der Waals surface area contributed by atoms with Gasteiger partial charge < -0.3 is 21.3 Å². The molecular weight excluding hydrogens is 423 g/mol. The fourth-order valence-corrected chi connectivity index (χ4v) is 3.46. The fourth-order valence-electron chi connectivity index (χ4n) is 3.46.